The van der Waals surface area contributed by atoms with E-state index in [-0.39, 0.29) is 12.5 Å². The molecule has 0 aromatic heterocycles. The van der Waals surface area contributed by atoms with Crippen LogP contribution in [0.2, 0.25) is 0 Å². The molecule has 1 aromatic rings. The number of aliphatic hydroxyl groups is 1. The van der Waals surface area contributed by atoms with Crippen molar-refractivity contribution in [3.05, 3.63) is 35.9 Å². The maximum Gasteiger partial charge on any atom is 0.256 e. The van der Waals surface area contributed by atoms with Gasteiger partial charge in [0.15, 0.2) is 6.10 Å². The first-order valence-corrected chi connectivity index (χ1v) is 6.96. The van der Waals surface area contributed by atoms with Gasteiger partial charge in [0.25, 0.3) is 5.91 Å². The average molecular weight is 278 g/mol. The normalized spacial score (nSPS) is 18.0. The molecule has 0 spiro atoms. The summed E-state index contributed by atoms with van der Waals surface area (Å²) in [5.41, 5.74) is 0.887. The number of carbonyl (C=O) groups excluding carboxylic acids is 1. The van der Waals surface area contributed by atoms with Gasteiger partial charge >= 0.3 is 0 Å². The first-order valence-electron chi connectivity index (χ1n) is 6.96. The molecular formula is C15H22N2O3. The lowest BCUT2D eigenvalue weighted by molar-refractivity contribution is -0.144. The number of β-amino-alcohol motifs (C(OH)–C–C–N with tert-alkyl or cyclic N) is 1. The standard InChI is InChI=1S/C15H22N2O3/c1-20-14(13-5-3-2-4-6-13)15(19)17-9-7-16(8-10-17)11-12-18/h2-6,14,18H,7-12H2,1H3/t14-/m1/s1. The number of nitrogens with zero attached hydrogens (tertiary/aromatic N) is 2. The highest BCUT2D eigenvalue weighted by Gasteiger charge is 2.28. The molecule has 1 fully saturated rings. The number of aliphatic hydroxyl groups excluding tert-OH is 1. The zero-order chi connectivity index (χ0) is 14.4. The second-order valence-electron chi connectivity index (χ2n) is 4.92. The number of ether oxygens (including phenoxy) is 1. The summed E-state index contributed by atoms with van der Waals surface area (Å²) < 4.78 is 5.38. The van der Waals surface area contributed by atoms with E-state index >= 15 is 0 Å². The number of methoxy groups -OCH3 is 1. The van der Waals surface area contributed by atoms with Crippen LogP contribution < -0.4 is 0 Å². The fraction of sp³-hybridized carbons (Fsp3) is 0.533. The average Bonchev–Trinajstić information content (AvgIpc) is 2.50. The van der Waals surface area contributed by atoms with Crippen molar-refractivity contribution in [2.75, 3.05) is 46.4 Å². The van der Waals surface area contributed by atoms with E-state index in [0.717, 1.165) is 18.7 Å². The molecule has 5 heteroatoms. The summed E-state index contributed by atoms with van der Waals surface area (Å²) in [6, 6.07) is 9.57. The van der Waals surface area contributed by atoms with E-state index in [2.05, 4.69) is 4.90 Å². The first-order chi connectivity index (χ1) is 9.76. The van der Waals surface area contributed by atoms with Gasteiger partial charge < -0.3 is 14.7 Å². The van der Waals surface area contributed by atoms with Crippen molar-refractivity contribution in [3.63, 3.8) is 0 Å². The molecule has 20 heavy (non-hydrogen) atoms. The molecule has 0 saturated carbocycles. The number of carbonyl (C=O) groups is 1. The number of amides is 1. The third-order valence-corrected chi connectivity index (χ3v) is 3.66. The van der Waals surface area contributed by atoms with E-state index in [1.807, 2.05) is 35.2 Å². The SMILES string of the molecule is CO[C@@H](C(=O)N1CCN(CCO)CC1)c1ccccc1. The van der Waals surface area contributed by atoms with Crippen LogP contribution in [0.5, 0.6) is 0 Å². The van der Waals surface area contributed by atoms with Crippen LogP contribution >= 0.6 is 0 Å². The monoisotopic (exact) mass is 278 g/mol. The quantitative estimate of drug-likeness (QED) is 0.853. The van der Waals surface area contributed by atoms with Crippen LogP contribution in [0.4, 0.5) is 0 Å². The van der Waals surface area contributed by atoms with Crippen LogP contribution in [-0.2, 0) is 9.53 Å². The van der Waals surface area contributed by atoms with Crippen LogP contribution in [0.3, 0.4) is 0 Å². The highest BCUT2D eigenvalue weighted by atomic mass is 16.5. The summed E-state index contributed by atoms with van der Waals surface area (Å²) in [5, 5.41) is 8.93. The summed E-state index contributed by atoms with van der Waals surface area (Å²) in [6.07, 6.45) is -0.527. The number of hydrogen-bond acceptors (Lipinski definition) is 4. The Morgan fingerprint density at radius 1 is 1.25 bits per heavy atom. The minimum Gasteiger partial charge on any atom is -0.395 e. The topological polar surface area (TPSA) is 53.0 Å². The van der Waals surface area contributed by atoms with Crippen molar-refractivity contribution in [2.45, 2.75) is 6.10 Å². The Labute approximate surface area is 119 Å². The summed E-state index contributed by atoms with van der Waals surface area (Å²) in [7, 11) is 1.57. The largest absolute Gasteiger partial charge is 0.395 e. The van der Waals surface area contributed by atoms with Gasteiger partial charge in [0, 0.05) is 39.8 Å². The minimum absolute atomic E-state index is 0.0161. The number of rotatable bonds is 5. The van der Waals surface area contributed by atoms with Crippen molar-refractivity contribution in [1.82, 2.24) is 9.80 Å². The summed E-state index contributed by atoms with van der Waals surface area (Å²) in [5.74, 6) is 0.0161. The molecular weight excluding hydrogens is 256 g/mol. The van der Waals surface area contributed by atoms with Crippen LogP contribution in [0.1, 0.15) is 11.7 Å². The third-order valence-electron chi connectivity index (χ3n) is 3.66. The number of piperazine rings is 1. The molecule has 5 nitrogen and oxygen atoms in total. The van der Waals surface area contributed by atoms with Gasteiger partial charge in [-0.05, 0) is 5.56 Å². The van der Waals surface area contributed by atoms with Crippen molar-refractivity contribution in [3.8, 4) is 0 Å². The Balaban J connectivity index is 1.97. The lowest BCUT2D eigenvalue weighted by Gasteiger charge is -2.35. The summed E-state index contributed by atoms with van der Waals surface area (Å²) in [6.45, 7) is 3.82. The predicted octanol–water partition coefficient (Wildman–Crippen LogP) is 0.511. The molecule has 1 N–H and O–H groups in total. The fourth-order valence-electron chi connectivity index (χ4n) is 2.51. The van der Waals surface area contributed by atoms with Crippen LogP contribution in [-0.4, -0.2) is 67.3 Å². The smallest absolute Gasteiger partial charge is 0.256 e. The number of hydrogen-bond donors (Lipinski definition) is 1. The van der Waals surface area contributed by atoms with Crippen molar-refractivity contribution >= 4 is 5.91 Å². The lowest BCUT2D eigenvalue weighted by Crippen LogP contribution is -2.50. The van der Waals surface area contributed by atoms with E-state index in [4.69, 9.17) is 9.84 Å². The Bertz CT molecular complexity index is 416. The second kappa shape index (κ2) is 7.38. The zero-order valence-electron chi connectivity index (χ0n) is 11.9. The van der Waals surface area contributed by atoms with Gasteiger partial charge in [0.05, 0.1) is 6.61 Å². The van der Waals surface area contributed by atoms with Gasteiger partial charge in [-0.2, -0.15) is 0 Å². The fourth-order valence-corrected chi connectivity index (χ4v) is 2.51. The molecule has 1 aromatic carbocycles. The Morgan fingerprint density at radius 2 is 1.90 bits per heavy atom. The number of benzene rings is 1. The van der Waals surface area contributed by atoms with Gasteiger partial charge in [0.2, 0.25) is 0 Å². The van der Waals surface area contributed by atoms with Gasteiger partial charge in [0.1, 0.15) is 0 Å². The van der Waals surface area contributed by atoms with E-state index < -0.39 is 6.10 Å². The molecule has 110 valence electrons. The Kier molecular flexibility index (Phi) is 5.52. The molecule has 2 rings (SSSR count). The maximum absolute atomic E-state index is 12.5. The van der Waals surface area contributed by atoms with Gasteiger partial charge in [-0.3, -0.25) is 9.69 Å². The third kappa shape index (κ3) is 3.56. The zero-order valence-corrected chi connectivity index (χ0v) is 11.9. The molecule has 0 aliphatic carbocycles. The highest BCUT2D eigenvalue weighted by molar-refractivity contribution is 5.82. The lowest BCUT2D eigenvalue weighted by atomic mass is 10.1. The maximum atomic E-state index is 12.5. The summed E-state index contributed by atoms with van der Waals surface area (Å²) >= 11 is 0. The molecule has 1 amide bonds. The molecule has 0 unspecified atom stereocenters. The van der Waals surface area contributed by atoms with Crippen LogP contribution in [0, 0.1) is 0 Å². The molecule has 1 aliphatic heterocycles. The minimum atomic E-state index is -0.527. The van der Waals surface area contributed by atoms with Crippen molar-refractivity contribution < 1.29 is 14.6 Å². The molecule has 0 bridgehead atoms. The van der Waals surface area contributed by atoms with E-state index in [1.54, 1.807) is 7.11 Å². The van der Waals surface area contributed by atoms with Gasteiger partial charge in [-0.15, -0.1) is 0 Å². The Morgan fingerprint density at radius 3 is 2.45 bits per heavy atom. The first kappa shape index (κ1) is 15.0. The summed E-state index contributed by atoms with van der Waals surface area (Å²) in [4.78, 5) is 16.5. The molecule has 1 heterocycles. The van der Waals surface area contributed by atoms with E-state index in [0.29, 0.717) is 19.6 Å². The van der Waals surface area contributed by atoms with E-state index in [9.17, 15) is 4.79 Å². The van der Waals surface area contributed by atoms with Gasteiger partial charge in [-0.25, -0.2) is 0 Å². The van der Waals surface area contributed by atoms with E-state index in [1.165, 1.54) is 0 Å². The molecule has 1 aliphatic rings. The van der Waals surface area contributed by atoms with Crippen LogP contribution in [0.15, 0.2) is 30.3 Å². The molecule has 1 atom stereocenters. The second-order valence-corrected chi connectivity index (χ2v) is 4.92. The van der Waals surface area contributed by atoms with Gasteiger partial charge in [-0.1, -0.05) is 30.3 Å². The predicted molar refractivity (Wildman–Crippen MR) is 76.3 cm³/mol. The van der Waals surface area contributed by atoms with Crippen molar-refractivity contribution in [2.24, 2.45) is 0 Å². The molecule has 1 saturated heterocycles. The van der Waals surface area contributed by atoms with Crippen LogP contribution in [0.25, 0.3) is 0 Å². The Hall–Kier alpha value is -1.43. The van der Waals surface area contributed by atoms with Crippen molar-refractivity contribution in [1.29, 1.82) is 0 Å². The highest BCUT2D eigenvalue weighted by Crippen LogP contribution is 2.20. The molecule has 0 radical (unpaired) electrons.